The van der Waals surface area contributed by atoms with Crippen LogP contribution in [-0.4, -0.2) is 0 Å². The summed E-state index contributed by atoms with van der Waals surface area (Å²) in [6, 6.07) is 8.09. The third-order valence-corrected chi connectivity index (χ3v) is 5.31. The Morgan fingerprint density at radius 1 is 1.30 bits per heavy atom. The molecule has 3 heteroatoms. The molecule has 1 aromatic rings. The van der Waals surface area contributed by atoms with E-state index in [9.17, 15) is 5.26 Å². The molecule has 0 unspecified atom stereocenters. The average Bonchev–Trinajstić information content (AvgIpc) is 2.43. The minimum Gasteiger partial charge on any atom is -0.198 e. The molecular weight excluding hydrogens is 289 g/mol. The van der Waals surface area contributed by atoms with E-state index in [4.69, 9.17) is 23.2 Å². The van der Waals surface area contributed by atoms with Crippen molar-refractivity contribution in [1.29, 1.82) is 5.26 Å². The molecule has 0 spiro atoms. The lowest BCUT2D eigenvalue weighted by molar-refractivity contribution is 0.175. The van der Waals surface area contributed by atoms with Gasteiger partial charge in [0.2, 0.25) is 0 Å². The first-order valence-corrected chi connectivity index (χ1v) is 8.06. The van der Waals surface area contributed by atoms with E-state index in [0.29, 0.717) is 17.4 Å². The fourth-order valence-electron chi connectivity index (χ4n) is 3.23. The molecule has 0 radical (unpaired) electrons. The van der Waals surface area contributed by atoms with Gasteiger partial charge in [-0.05, 0) is 67.7 Å². The third kappa shape index (κ3) is 3.48. The van der Waals surface area contributed by atoms with Crippen molar-refractivity contribution in [2.24, 2.45) is 17.3 Å². The summed E-state index contributed by atoms with van der Waals surface area (Å²) in [5.41, 5.74) is 0.739. The van der Waals surface area contributed by atoms with Gasteiger partial charge in [-0.3, -0.25) is 0 Å². The van der Waals surface area contributed by atoms with Crippen LogP contribution in [0.1, 0.15) is 45.1 Å². The molecule has 0 aromatic heterocycles. The van der Waals surface area contributed by atoms with Gasteiger partial charge in [0.05, 0.1) is 11.5 Å². The highest BCUT2D eigenvalue weighted by atomic mass is 35.5. The molecule has 1 aromatic carbocycles. The van der Waals surface area contributed by atoms with Crippen molar-refractivity contribution < 1.29 is 0 Å². The van der Waals surface area contributed by atoms with Gasteiger partial charge in [0.1, 0.15) is 0 Å². The first-order valence-electron chi connectivity index (χ1n) is 7.31. The Balaban J connectivity index is 2.14. The summed E-state index contributed by atoms with van der Waals surface area (Å²) in [6.45, 7) is 4.55. The summed E-state index contributed by atoms with van der Waals surface area (Å²) < 4.78 is 0. The highest BCUT2D eigenvalue weighted by Crippen LogP contribution is 2.44. The van der Waals surface area contributed by atoms with E-state index in [0.717, 1.165) is 42.2 Å². The van der Waals surface area contributed by atoms with Crippen molar-refractivity contribution in [2.45, 2.75) is 46.0 Å². The van der Waals surface area contributed by atoms with Gasteiger partial charge in [-0.2, -0.15) is 5.26 Å². The lowest BCUT2D eigenvalue weighted by Gasteiger charge is -2.36. The molecular formula is C17H21Cl2N. The smallest absolute Gasteiger partial charge is 0.0693 e. The van der Waals surface area contributed by atoms with E-state index >= 15 is 0 Å². The fourth-order valence-corrected chi connectivity index (χ4v) is 3.61. The molecule has 0 heterocycles. The molecule has 0 saturated heterocycles. The van der Waals surface area contributed by atoms with Crippen LogP contribution in [0, 0.1) is 28.6 Å². The van der Waals surface area contributed by atoms with Crippen molar-refractivity contribution in [3.05, 3.63) is 33.8 Å². The molecule has 1 fully saturated rings. The molecule has 0 atom stereocenters. The van der Waals surface area contributed by atoms with Gasteiger partial charge in [-0.1, -0.05) is 37.0 Å². The largest absolute Gasteiger partial charge is 0.198 e. The van der Waals surface area contributed by atoms with Crippen LogP contribution in [0.2, 0.25) is 10.0 Å². The summed E-state index contributed by atoms with van der Waals surface area (Å²) in [7, 11) is 0. The molecule has 20 heavy (non-hydrogen) atoms. The Morgan fingerprint density at radius 2 is 1.95 bits per heavy atom. The maximum Gasteiger partial charge on any atom is 0.0693 e. The zero-order chi connectivity index (χ0) is 14.8. The van der Waals surface area contributed by atoms with Gasteiger partial charge >= 0.3 is 0 Å². The number of halogens is 2. The van der Waals surface area contributed by atoms with Crippen LogP contribution in [0.25, 0.3) is 0 Å². The summed E-state index contributed by atoms with van der Waals surface area (Å²) in [6.07, 6.45) is 4.94. The van der Waals surface area contributed by atoms with Crippen LogP contribution in [0.15, 0.2) is 18.2 Å². The van der Waals surface area contributed by atoms with Gasteiger partial charge < -0.3 is 0 Å². The highest BCUT2D eigenvalue weighted by Gasteiger charge is 2.36. The Hall–Kier alpha value is -0.710. The Morgan fingerprint density at radius 3 is 2.50 bits per heavy atom. The molecule has 1 aliphatic carbocycles. The van der Waals surface area contributed by atoms with E-state index in [1.807, 2.05) is 12.1 Å². The monoisotopic (exact) mass is 309 g/mol. The van der Waals surface area contributed by atoms with Crippen molar-refractivity contribution in [3.63, 3.8) is 0 Å². The molecule has 1 saturated carbocycles. The second kappa shape index (κ2) is 6.37. The number of benzene rings is 1. The lowest BCUT2D eigenvalue weighted by Crippen LogP contribution is -2.30. The quantitative estimate of drug-likeness (QED) is 0.682. The predicted octanol–water partition coefficient (Wildman–Crippen LogP) is 5.89. The molecule has 0 aliphatic heterocycles. The van der Waals surface area contributed by atoms with Crippen LogP contribution in [0.5, 0.6) is 0 Å². The van der Waals surface area contributed by atoms with Gasteiger partial charge in [-0.25, -0.2) is 0 Å². The average molecular weight is 310 g/mol. The zero-order valence-corrected chi connectivity index (χ0v) is 13.6. The van der Waals surface area contributed by atoms with E-state index in [1.165, 1.54) is 0 Å². The molecule has 0 bridgehead atoms. The van der Waals surface area contributed by atoms with Crippen LogP contribution in [-0.2, 0) is 6.42 Å². The SMILES string of the molecule is CC(C)C1CCC(C#N)(Cc2cc(Cl)ccc2Cl)CC1. The lowest BCUT2D eigenvalue weighted by atomic mass is 9.66. The van der Waals surface area contributed by atoms with Crippen molar-refractivity contribution in [2.75, 3.05) is 0 Å². The van der Waals surface area contributed by atoms with E-state index in [-0.39, 0.29) is 5.41 Å². The minimum atomic E-state index is -0.264. The van der Waals surface area contributed by atoms with Crippen molar-refractivity contribution in [1.82, 2.24) is 0 Å². The van der Waals surface area contributed by atoms with Gasteiger partial charge in [0, 0.05) is 10.0 Å². The Labute approximate surface area is 131 Å². The molecule has 1 aliphatic rings. The summed E-state index contributed by atoms with van der Waals surface area (Å²) in [5.74, 6) is 1.47. The number of hydrogen-bond donors (Lipinski definition) is 0. The van der Waals surface area contributed by atoms with Gasteiger partial charge in [0.15, 0.2) is 0 Å². The zero-order valence-electron chi connectivity index (χ0n) is 12.1. The predicted molar refractivity (Wildman–Crippen MR) is 85.0 cm³/mol. The van der Waals surface area contributed by atoms with E-state index in [1.54, 1.807) is 6.07 Å². The maximum absolute atomic E-state index is 9.66. The first kappa shape index (κ1) is 15.7. The molecule has 2 rings (SSSR count). The topological polar surface area (TPSA) is 23.8 Å². The molecule has 1 nitrogen and oxygen atoms in total. The normalized spacial score (nSPS) is 26.5. The first-order chi connectivity index (χ1) is 9.46. The second-order valence-corrected chi connectivity index (χ2v) is 7.23. The number of hydrogen-bond acceptors (Lipinski definition) is 1. The number of nitriles is 1. The number of nitrogens with zero attached hydrogens (tertiary/aromatic N) is 1. The Bertz CT molecular complexity index is 508. The van der Waals surface area contributed by atoms with Crippen LogP contribution in [0.3, 0.4) is 0 Å². The standard InChI is InChI=1S/C17H21Cl2N/c1-12(2)13-5-7-17(11-20,8-6-13)10-14-9-15(18)3-4-16(14)19/h3-4,9,12-13H,5-8,10H2,1-2H3. The second-order valence-electron chi connectivity index (χ2n) is 6.39. The van der Waals surface area contributed by atoms with Crippen LogP contribution >= 0.6 is 23.2 Å². The summed E-state index contributed by atoms with van der Waals surface area (Å²) in [4.78, 5) is 0. The van der Waals surface area contributed by atoms with Crippen LogP contribution < -0.4 is 0 Å². The minimum absolute atomic E-state index is 0.264. The van der Waals surface area contributed by atoms with E-state index in [2.05, 4.69) is 19.9 Å². The highest BCUT2D eigenvalue weighted by molar-refractivity contribution is 6.33. The Kier molecular flexibility index (Phi) is 4.99. The summed E-state index contributed by atoms with van der Waals surface area (Å²) >= 11 is 12.3. The summed E-state index contributed by atoms with van der Waals surface area (Å²) in [5, 5.41) is 11.1. The molecule has 0 amide bonds. The van der Waals surface area contributed by atoms with Gasteiger partial charge in [0.25, 0.3) is 0 Å². The molecule has 108 valence electrons. The fraction of sp³-hybridized carbons (Fsp3) is 0.588. The van der Waals surface area contributed by atoms with Crippen LogP contribution in [0.4, 0.5) is 0 Å². The third-order valence-electron chi connectivity index (χ3n) is 4.70. The maximum atomic E-state index is 9.66. The molecule has 0 N–H and O–H groups in total. The van der Waals surface area contributed by atoms with E-state index < -0.39 is 0 Å². The van der Waals surface area contributed by atoms with Crippen molar-refractivity contribution in [3.8, 4) is 6.07 Å². The van der Waals surface area contributed by atoms with Crippen molar-refractivity contribution >= 4 is 23.2 Å². The van der Waals surface area contributed by atoms with Gasteiger partial charge in [-0.15, -0.1) is 0 Å². The number of rotatable bonds is 3.